The van der Waals surface area contributed by atoms with Crippen molar-refractivity contribution in [1.29, 1.82) is 0 Å². The molecule has 0 fully saturated rings. The van der Waals surface area contributed by atoms with Crippen molar-refractivity contribution in [3.63, 3.8) is 0 Å². The number of hydrogen-bond acceptors (Lipinski definition) is 3. The van der Waals surface area contributed by atoms with Crippen LogP contribution in [0, 0.1) is 11.8 Å². The standard InChI is InChI=1S/C22H27NO2/c1-4-15-25-21-13-9-18(10-14-21)6-7-19-8-12-20(22(24)16-19)11-5-17(2)23-3/h8-10,12-14,16-17,23-24H,4-5,11,15H2,1-3H3. The van der Waals surface area contributed by atoms with Crippen molar-refractivity contribution in [2.75, 3.05) is 13.7 Å². The van der Waals surface area contributed by atoms with Crippen LogP contribution >= 0.6 is 0 Å². The lowest BCUT2D eigenvalue weighted by molar-refractivity contribution is 0.317. The minimum Gasteiger partial charge on any atom is -0.508 e. The Balaban J connectivity index is 2.01. The molecular formula is C22H27NO2. The number of phenolic OH excluding ortho intramolecular Hbond substituents is 1. The molecule has 1 atom stereocenters. The highest BCUT2D eigenvalue weighted by molar-refractivity contribution is 5.48. The number of aryl methyl sites for hydroxylation is 1. The summed E-state index contributed by atoms with van der Waals surface area (Å²) < 4.78 is 5.56. The Bertz CT molecular complexity index is 726. The highest BCUT2D eigenvalue weighted by Crippen LogP contribution is 2.20. The highest BCUT2D eigenvalue weighted by atomic mass is 16.5. The molecule has 3 nitrogen and oxygen atoms in total. The molecule has 0 aliphatic heterocycles. The zero-order chi connectivity index (χ0) is 18.1. The Hall–Kier alpha value is -2.44. The molecule has 25 heavy (non-hydrogen) atoms. The van der Waals surface area contributed by atoms with Gasteiger partial charge in [-0.2, -0.15) is 0 Å². The first-order chi connectivity index (χ1) is 12.1. The van der Waals surface area contributed by atoms with E-state index >= 15 is 0 Å². The fourth-order valence-corrected chi connectivity index (χ4v) is 2.37. The fraction of sp³-hybridized carbons (Fsp3) is 0.364. The quantitative estimate of drug-likeness (QED) is 0.747. The molecule has 0 saturated heterocycles. The van der Waals surface area contributed by atoms with Crippen molar-refractivity contribution in [1.82, 2.24) is 5.32 Å². The molecule has 0 saturated carbocycles. The third kappa shape index (κ3) is 6.17. The van der Waals surface area contributed by atoms with Crippen LogP contribution in [0.25, 0.3) is 0 Å². The molecule has 2 aromatic rings. The molecule has 0 radical (unpaired) electrons. The molecule has 1 unspecified atom stereocenters. The predicted octanol–water partition coefficient (Wildman–Crippen LogP) is 4.12. The normalized spacial score (nSPS) is 11.5. The van der Waals surface area contributed by atoms with Gasteiger partial charge >= 0.3 is 0 Å². The Morgan fingerprint density at radius 3 is 2.40 bits per heavy atom. The van der Waals surface area contributed by atoms with E-state index in [1.165, 1.54) is 0 Å². The first kappa shape index (κ1) is 18.9. The summed E-state index contributed by atoms with van der Waals surface area (Å²) in [5, 5.41) is 13.4. The summed E-state index contributed by atoms with van der Waals surface area (Å²) in [6, 6.07) is 13.9. The Kier molecular flexibility index (Phi) is 7.37. The van der Waals surface area contributed by atoms with E-state index in [1.54, 1.807) is 6.07 Å². The molecule has 0 aliphatic rings. The number of aromatic hydroxyl groups is 1. The average Bonchev–Trinajstić information content (AvgIpc) is 2.64. The maximum atomic E-state index is 10.2. The Morgan fingerprint density at radius 2 is 1.76 bits per heavy atom. The summed E-state index contributed by atoms with van der Waals surface area (Å²) in [5.41, 5.74) is 2.70. The van der Waals surface area contributed by atoms with Gasteiger partial charge in [0.25, 0.3) is 0 Å². The van der Waals surface area contributed by atoms with Crippen LogP contribution in [0.1, 0.15) is 43.4 Å². The van der Waals surface area contributed by atoms with E-state index in [0.29, 0.717) is 11.8 Å². The molecule has 0 bridgehead atoms. The van der Waals surface area contributed by atoms with Crippen LogP contribution in [0.5, 0.6) is 11.5 Å². The van der Waals surface area contributed by atoms with Gasteiger partial charge in [-0.05, 0) is 75.2 Å². The van der Waals surface area contributed by atoms with E-state index in [1.807, 2.05) is 43.4 Å². The maximum absolute atomic E-state index is 10.2. The van der Waals surface area contributed by atoms with Crippen LogP contribution in [-0.2, 0) is 6.42 Å². The third-order valence-electron chi connectivity index (χ3n) is 4.10. The van der Waals surface area contributed by atoms with Gasteiger partial charge in [0.1, 0.15) is 11.5 Å². The second-order valence-electron chi connectivity index (χ2n) is 6.19. The lowest BCUT2D eigenvalue weighted by Gasteiger charge is -2.10. The van der Waals surface area contributed by atoms with E-state index in [4.69, 9.17) is 4.74 Å². The Labute approximate surface area is 151 Å². The van der Waals surface area contributed by atoms with E-state index in [0.717, 1.165) is 48.3 Å². The number of ether oxygens (including phenoxy) is 1. The molecule has 132 valence electrons. The molecule has 0 aliphatic carbocycles. The van der Waals surface area contributed by atoms with Crippen LogP contribution < -0.4 is 10.1 Å². The van der Waals surface area contributed by atoms with Gasteiger partial charge < -0.3 is 15.2 Å². The smallest absolute Gasteiger partial charge is 0.120 e. The second kappa shape index (κ2) is 9.76. The first-order valence-corrected chi connectivity index (χ1v) is 8.86. The molecule has 2 N–H and O–H groups in total. The largest absolute Gasteiger partial charge is 0.508 e. The number of rotatable bonds is 7. The van der Waals surface area contributed by atoms with Gasteiger partial charge in [-0.25, -0.2) is 0 Å². The molecule has 3 heteroatoms. The van der Waals surface area contributed by atoms with Crippen molar-refractivity contribution in [3.05, 3.63) is 59.2 Å². The summed E-state index contributed by atoms with van der Waals surface area (Å²) in [7, 11) is 1.95. The van der Waals surface area contributed by atoms with Gasteiger partial charge in [-0.3, -0.25) is 0 Å². The number of benzene rings is 2. The molecule has 2 rings (SSSR count). The van der Waals surface area contributed by atoms with E-state index in [-0.39, 0.29) is 0 Å². The number of nitrogens with one attached hydrogen (secondary N) is 1. The van der Waals surface area contributed by atoms with Gasteiger partial charge in [-0.1, -0.05) is 24.8 Å². The minimum atomic E-state index is 0.318. The zero-order valence-electron chi connectivity index (χ0n) is 15.3. The summed E-state index contributed by atoms with van der Waals surface area (Å²) in [4.78, 5) is 0. The predicted molar refractivity (Wildman–Crippen MR) is 103 cm³/mol. The summed E-state index contributed by atoms with van der Waals surface area (Å²) >= 11 is 0. The van der Waals surface area contributed by atoms with Crippen LogP contribution in [0.15, 0.2) is 42.5 Å². The van der Waals surface area contributed by atoms with Crippen LogP contribution in [0.3, 0.4) is 0 Å². The van der Waals surface area contributed by atoms with Gasteiger partial charge in [0, 0.05) is 17.2 Å². The maximum Gasteiger partial charge on any atom is 0.120 e. The van der Waals surface area contributed by atoms with E-state index < -0.39 is 0 Å². The van der Waals surface area contributed by atoms with Crippen molar-refractivity contribution in [2.45, 2.75) is 39.2 Å². The molecule has 0 amide bonds. The van der Waals surface area contributed by atoms with Crippen LogP contribution in [-0.4, -0.2) is 24.8 Å². The van der Waals surface area contributed by atoms with Crippen molar-refractivity contribution >= 4 is 0 Å². The zero-order valence-corrected chi connectivity index (χ0v) is 15.3. The molecule has 0 aromatic heterocycles. The van der Waals surface area contributed by atoms with Gasteiger partial charge in [0.2, 0.25) is 0 Å². The van der Waals surface area contributed by atoms with Crippen molar-refractivity contribution < 1.29 is 9.84 Å². The fourth-order valence-electron chi connectivity index (χ4n) is 2.37. The topological polar surface area (TPSA) is 41.5 Å². The van der Waals surface area contributed by atoms with Crippen LogP contribution in [0.2, 0.25) is 0 Å². The highest BCUT2D eigenvalue weighted by Gasteiger charge is 2.04. The lowest BCUT2D eigenvalue weighted by atomic mass is 10.0. The van der Waals surface area contributed by atoms with Crippen molar-refractivity contribution in [3.8, 4) is 23.3 Å². The van der Waals surface area contributed by atoms with Gasteiger partial charge in [0.05, 0.1) is 6.61 Å². The summed E-state index contributed by atoms with van der Waals surface area (Å²) in [6.07, 6.45) is 2.83. The molecule has 0 spiro atoms. The molecule has 0 heterocycles. The SMILES string of the molecule is CCCOc1ccc(C#Cc2ccc(CCC(C)NC)c(O)c2)cc1. The minimum absolute atomic E-state index is 0.318. The van der Waals surface area contributed by atoms with Crippen molar-refractivity contribution in [2.24, 2.45) is 0 Å². The van der Waals surface area contributed by atoms with Gasteiger partial charge in [-0.15, -0.1) is 0 Å². The molecule has 2 aromatic carbocycles. The first-order valence-electron chi connectivity index (χ1n) is 8.86. The summed E-state index contributed by atoms with van der Waals surface area (Å²) in [6.45, 7) is 4.95. The average molecular weight is 337 g/mol. The lowest BCUT2D eigenvalue weighted by Crippen LogP contribution is -2.21. The van der Waals surface area contributed by atoms with Crippen LogP contribution in [0.4, 0.5) is 0 Å². The number of hydrogen-bond donors (Lipinski definition) is 2. The van der Waals surface area contributed by atoms with Gasteiger partial charge in [0.15, 0.2) is 0 Å². The van der Waals surface area contributed by atoms with E-state index in [9.17, 15) is 5.11 Å². The number of phenols is 1. The summed E-state index contributed by atoms with van der Waals surface area (Å²) in [5.74, 6) is 7.41. The Morgan fingerprint density at radius 1 is 1.08 bits per heavy atom. The third-order valence-corrected chi connectivity index (χ3v) is 4.10. The molecular weight excluding hydrogens is 310 g/mol. The second-order valence-corrected chi connectivity index (χ2v) is 6.19. The monoisotopic (exact) mass is 337 g/mol. The van der Waals surface area contributed by atoms with E-state index in [2.05, 4.69) is 31.0 Å².